The predicted molar refractivity (Wildman–Crippen MR) is 74.0 cm³/mol. The van der Waals surface area contributed by atoms with E-state index in [1.807, 2.05) is 0 Å². The number of halogens is 3. The van der Waals surface area contributed by atoms with Gasteiger partial charge in [0.05, 0.1) is 5.41 Å². The van der Waals surface area contributed by atoms with Crippen LogP contribution in [0.15, 0.2) is 24.3 Å². The second-order valence-corrected chi connectivity index (χ2v) is 5.77. The van der Waals surface area contributed by atoms with E-state index < -0.39 is 29.4 Å². The molecule has 1 saturated heterocycles. The Bertz CT molecular complexity index is 617. The Morgan fingerprint density at radius 1 is 1.35 bits per heavy atom. The summed E-state index contributed by atoms with van der Waals surface area (Å²) in [6, 6.07) is 4.76. The highest BCUT2D eigenvalue weighted by Gasteiger charge is 2.39. The van der Waals surface area contributed by atoms with Crippen LogP contribution in [0.25, 0.3) is 0 Å². The van der Waals surface area contributed by atoms with Gasteiger partial charge in [-0.05, 0) is 38.0 Å². The summed E-state index contributed by atoms with van der Waals surface area (Å²) >= 11 is 0. The van der Waals surface area contributed by atoms with Crippen molar-refractivity contribution in [1.29, 1.82) is 0 Å². The van der Waals surface area contributed by atoms with Gasteiger partial charge in [-0.3, -0.25) is 9.59 Å². The number of piperidine rings is 1. The maximum absolute atomic E-state index is 12.4. The maximum Gasteiger partial charge on any atom is 0.573 e. The molecule has 1 aromatic rings. The fraction of sp³-hybridized carbons (Fsp3) is 0.467. The molecule has 0 saturated carbocycles. The first-order valence-corrected chi connectivity index (χ1v) is 6.99. The number of rotatable bonds is 3. The van der Waals surface area contributed by atoms with Crippen molar-refractivity contribution < 1.29 is 32.6 Å². The van der Waals surface area contributed by atoms with Crippen molar-refractivity contribution in [3.8, 4) is 5.75 Å². The minimum Gasteiger partial charge on any atom is -0.481 e. The van der Waals surface area contributed by atoms with E-state index in [1.165, 1.54) is 17.0 Å². The second-order valence-electron chi connectivity index (χ2n) is 5.77. The Balaban J connectivity index is 2.17. The van der Waals surface area contributed by atoms with Crippen molar-refractivity contribution in [3.63, 3.8) is 0 Å². The third kappa shape index (κ3) is 4.14. The number of hydrogen-bond acceptors (Lipinski definition) is 3. The highest BCUT2D eigenvalue weighted by molar-refractivity contribution is 5.95. The zero-order chi connectivity index (χ0) is 17.3. The van der Waals surface area contributed by atoms with Gasteiger partial charge in [-0.1, -0.05) is 6.07 Å². The topological polar surface area (TPSA) is 66.8 Å². The van der Waals surface area contributed by atoms with Crippen LogP contribution in [-0.4, -0.2) is 41.3 Å². The van der Waals surface area contributed by atoms with E-state index in [0.29, 0.717) is 19.4 Å². The van der Waals surface area contributed by atoms with E-state index in [1.54, 1.807) is 6.92 Å². The summed E-state index contributed by atoms with van der Waals surface area (Å²) in [5.41, 5.74) is -1.02. The summed E-state index contributed by atoms with van der Waals surface area (Å²) in [6.07, 6.45) is -3.87. The highest BCUT2D eigenvalue weighted by Crippen LogP contribution is 2.31. The first-order chi connectivity index (χ1) is 10.6. The SMILES string of the molecule is CC1(C(=O)O)CCCN(C(=O)c2cccc(OC(F)(F)F)c2)C1. The van der Waals surface area contributed by atoms with Gasteiger partial charge in [0, 0.05) is 18.7 Å². The third-order valence-corrected chi connectivity index (χ3v) is 3.81. The van der Waals surface area contributed by atoms with Crippen LogP contribution in [0.2, 0.25) is 0 Å². The molecule has 1 fully saturated rings. The molecule has 1 atom stereocenters. The van der Waals surface area contributed by atoms with Gasteiger partial charge in [0.25, 0.3) is 5.91 Å². The zero-order valence-electron chi connectivity index (χ0n) is 12.4. The molecular formula is C15H16F3NO4. The molecule has 0 radical (unpaired) electrons. The predicted octanol–water partition coefficient (Wildman–Crippen LogP) is 2.91. The fourth-order valence-electron chi connectivity index (χ4n) is 2.60. The van der Waals surface area contributed by atoms with Crippen molar-refractivity contribution in [1.82, 2.24) is 4.90 Å². The van der Waals surface area contributed by atoms with E-state index in [-0.39, 0.29) is 12.1 Å². The van der Waals surface area contributed by atoms with Crippen LogP contribution in [0.5, 0.6) is 5.75 Å². The number of likely N-dealkylation sites (tertiary alicyclic amines) is 1. The first kappa shape index (κ1) is 17.1. The lowest BCUT2D eigenvalue weighted by atomic mass is 9.82. The number of carbonyl (C=O) groups is 2. The van der Waals surface area contributed by atoms with E-state index in [2.05, 4.69) is 4.74 Å². The van der Waals surface area contributed by atoms with Crippen LogP contribution in [0.3, 0.4) is 0 Å². The van der Waals surface area contributed by atoms with Crippen molar-refractivity contribution >= 4 is 11.9 Å². The van der Waals surface area contributed by atoms with Crippen LogP contribution >= 0.6 is 0 Å². The zero-order valence-corrected chi connectivity index (χ0v) is 12.4. The molecule has 1 aliphatic rings. The Morgan fingerprint density at radius 2 is 2.04 bits per heavy atom. The molecule has 0 spiro atoms. The van der Waals surface area contributed by atoms with E-state index >= 15 is 0 Å². The quantitative estimate of drug-likeness (QED) is 0.925. The van der Waals surface area contributed by atoms with Crippen molar-refractivity contribution in [2.45, 2.75) is 26.1 Å². The number of carbonyl (C=O) groups excluding carboxylic acids is 1. The number of alkyl halides is 3. The van der Waals surface area contributed by atoms with Gasteiger partial charge in [0.2, 0.25) is 0 Å². The molecule has 126 valence electrons. The summed E-state index contributed by atoms with van der Waals surface area (Å²) in [5.74, 6) is -1.99. The molecule has 1 heterocycles. The number of benzene rings is 1. The van der Waals surface area contributed by atoms with E-state index in [9.17, 15) is 27.9 Å². The molecule has 1 aliphatic heterocycles. The molecule has 23 heavy (non-hydrogen) atoms. The summed E-state index contributed by atoms with van der Waals surface area (Å²) in [4.78, 5) is 25.1. The summed E-state index contributed by atoms with van der Waals surface area (Å²) in [5, 5.41) is 9.26. The lowest BCUT2D eigenvalue weighted by Crippen LogP contribution is -2.48. The lowest BCUT2D eigenvalue weighted by molar-refractivity contribution is -0.274. The number of nitrogens with zero attached hydrogens (tertiary/aromatic N) is 1. The molecule has 1 unspecified atom stereocenters. The minimum atomic E-state index is -4.84. The molecular weight excluding hydrogens is 315 g/mol. The molecule has 1 N–H and O–H groups in total. The Labute approximate surface area is 130 Å². The standard InChI is InChI=1S/C15H16F3NO4/c1-14(13(21)22)6-3-7-19(9-14)12(20)10-4-2-5-11(8-10)23-15(16,17)18/h2,4-5,8H,3,6-7,9H2,1H3,(H,21,22). The number of ether oxygens (including phenoxy) is 1. The molecule has 1 aromatic carbocycles. The number of aliphatic carboxylic acids is 1. The van der Waals surface area contributed by atoms with Crippen LogP contribution in [0.1, 0.15) is 30.1 Å². The van der Waals surface area contributed by atoms with Gasteiger partial charge in [-0.15, -0.1) is 13.2 Å². The van der Waals surface area contributed by atoms with Gasteiger partial charge in [-0.2, -0.15) is 0 Å². The van der Waals surface area contributed by atoms with Gasteiger partial charge >= 0.3 is 12.3 Å². The van der Waals surface area contributed by atoms with E-state index in [0.717, 1.165) is 12.1 Å². The number of hydrogen-bond donors (Lipinski definition) is 1. The largest absolute Gasteiger partial charge is 0.573 e. The first-order valence-electron chi connectivity index (χ1n) is 6.99. The smallest absolute Gasteiger partial charge is 0.481 e. The number of carboxylic acids is 1. The van der Waals surface area contributed by atoms with Gasteiger partial charge in [-0.25, -0.2) is 0 Å². The minimum absolute atomic E-state index is 0.0194. The molecule has 1 amide bonds. The molecule has 2 rings (SSSR count). The van der Waals surface area contributed by atoms with Crippen molar-refractivity contribution in [3.05, 3.63) is 29.8 Å². The summed E-state index contributed by atoms with van der Waals surface area (Å²) in [6.45, 7) is 1.94. The van der Waals surface area contributed by atoms with Crippen LogP contribution in [-0.2, 0) is 4.79 Å². The molecule has 8 heteroatoms. The molecule has 5 nitrogen and oxygen atoms in total. The van der Waals surface area contributed by atoms with Gasteiger partial charge in [0.1, 0.15) is 5.75 Å². The average Bonchev–Trinajstić information content (AvgIpc) is 2.45. The Hall–Kier alpha value is -2.25. The summed E-state index contributed by atoms with van der Waals surface area (Å²) < 4.78 is 40.5. The van der Waals surface area contributed by atoms with Crippen LogP contribution < -0.4 is 4.74 Å². The maximum atomic E-state index is 12.4. The second kappa shape index (κ2) is 6.10. The Kier molecular flexibility index (Phi) is 4.53. The summed E-state index contributed by atoms with van der Waals surface area (Å²) in [7, 11) is 0. The van der Waals surface area contributed by atoms with E-state index in [4.69, 9.17) is 0 Å². The average molecular weight is 331 g/mol. The van der Waals surface area contributed by atoms with Crippen molar-refractivity contribution in [2.24, 2.45) is 5.41 Å². The fourth-order valence-corrected chi connectivity index (χ4v) is 2.60. The number of amides is 1. The lowest BCUT2D eigenvalue weighted by Gasteiger charge is -2.37. The molecule has 0 aliphatic carbocycles. The third-order valence-electron chi connectivity index (χ3n) is 3.81. The van der Waals surface area contributed by atoms with Crippen LogP contribution in [0.4, 0.5) is 13.2 Å². The van der Waals surface area contributed by atoms with Gasteiger partial charge in [0.15, 0.2) is 0 Å². The molecule has 0 aromatic heterocycles. The normalized spacial score (nSPS) is 21.8. The number of carboxylic acid groups (broad SMARTS) is 1. The Morgan fingerprint density at radius 3 is 2.65 bits per heavy atom. The highest BCUT2D eigenvalue weighted by atomic mass is 19.4. The molecule has 0 bridgehead atoms. The van der Waals surface area contributed by atoms with Gasteiger partial charge < -0.3 is 14.7 Å². The van der Waals surface area contributed by atoms with Crippen molar-refractivity contribution in [2.75, 3.05) is 13.1 Å². The van der Waals surface area contributed by atoms with Crippen LogP contribution in [0, 0.1) is 5.41 Å². The monoisotopic (exact) mass is 331 g/mol.